The Balaban J connectivity index is 1.39. The van der Waals surface area contributed by atoms with Gasteiger partial charge < -0.3 is 14.4 Å². The molecule has 1 aliphatic heterocycles. The molecule has 0 unspecified atom stereocenters. The first-order chi connectivity index (χ1) is 15.8. The van der Waals surface area contributed by atoms with Crippen LogP contribution < -0.4 is 9.64 Å². The standard InChI is InChI=1S/C27H24N2O3/c30-18-22-16-27(21-6-9-24(10-7-21)32-19-20-4-2-1-3-5-20)28-26-11-8-23(17-25(22)26)29-12-14-31-15-13-29/h1-11,16-18H,12-15,19H2. The predicted octanol–water partition coefficient (Wildman–Crippen LogP) is 5.13. The zero-order chi connectivity index (χ0) is 21.8. The van der Waals surface area contributed by atoms with Crippen LogP contribution in [-0.4, -0.2) is 37.6 Å². The molecule has 0 saturated carbocycles. The first-order valence-electron chi connectivity index (χ1n) is 10.8. The van der Waals surface area contributed by atoms with E-state index in [1.807, 2.05) is 66.7 Å². The van der Waals surface area contributed by atoms with Crippen LogP contribution in [0.25, 0.3) is 22.2 Å². The molecule has 5 heteroatoms. The van der Waals surface area contributed by atoms with Crippen LogP contribution in [-0.2, 0) is 11.3 Å². The topological polar surface area (TPSA) is 51.7 Å². The average molecular weight is 425 g/mol. The molecular formula is C27H24N2O3. The van der Waals surface area contributed by atoms with Gasteiger partial charge in [0.2, 0.25) is 0 Å². The smallest absolute Gasteiger partial charge is 0.150 e. The van der Waals surface area contributed by atoms with Crippen LogP contribution in [0.1, 0.15) is 15.9 Å². The number of pyridine rings is 1. The van der Waals surface area contributed by atoms with E-state index in [1.165, 1.54) is 0 Å². The summed E-state index contributed by atoms with van der Waals surface area (Å²) in [6.07, 6.45) is 0.911. The van der Waals surface area contributed by atoms with Gasteiger partial charge in [0.25, 0.3) is 0 Å². The summed E-state index contributed by atoms with van der Waals surface area (Å²) < 4.78 is 11.3. The first-order valence-corrected chi connectivity index (χ1v) is 10.8. The summed E-state index contributed by atoms with van der Waals surface area (Å²) >= 11 is 0. The molecule has 2 heterocycles. The predicted molar refractivity (Wildman–Crippen MR) is 126 cm³/mol. The van der Waals surface area contributed by atoms with Crippen molar-refractivity contribution in [1.29, 1.82) is 0 Å². The summed E-state index contributed by atoms with van der Waals surface area (Å²) in [6.45, 7) is 3.68. The highest BCUT2D eigenvalue weighted by Crippen LogP contribution is 2.29. The number of aromatic nitrogens is 1. The van der Waals surface area contributed by atoms with Gasteiger partial charge in [0.15, 0.2) is 6.29 Å². The average Bonchev–Trinajstić information content (AvgIpc) is 2.88. The van der Waals surface area contributed by atoms with Crippen molar-refractivity contribution in [3.8, 4) is 17.0 Å². The minimum absolute atomic E-state index is 0.523. The second-order valence-electron chi connectivity index (χ2n) is 7.81. The van der Waals surface area contributed by atoms with Crippen molar-refractivity contribution in [2.24, 2.45) is 0 Å². The van der Waals surface area contributed by atoms with Crippen molar-refractivity contribution in [2.75, 3.05) is 31.2 Å². The molecule has 0 amide bonds. The van der Waals surface area contributed by atoms with E-state index in [0.29, 0.717) is 12.2 Å². The molecule has 0 spiro atoms. The summed E-state index contributed by atoms with van der Waals surface area (Å²) in [5.74, 6) is 0.796. The Morgan fingerprint density at radius 2 is 1.72 bits per heavy atom. The quantitative estimate of drug-likeness (QED) is 0.402. The highest BCUT2D eigenvalue weighted by Gasteiger charge is 2.14. The molecule has 1 aromatic heterocycles. The molecule has 4 aromatic rings. The van der Waals surface area contributed by atoms with Crippen LogP contribution in [0, 0.1) is 0 Å². The van der Waals surface area contributed by atoms with Crippen molar-refractivity contribution in [3.63, 3.8) is 0 Å². The van der Waals surface area contributed by atoms with E-state index >= 15 is 0 Å². The Morgan fingerprint density at radius 3 is 2.47 bits per heavy atom. The number of aldehydes is 1. The number of nitrogens with zero attached hydrogens (tertiary/aromatic N) is 2. The maximum Gasteiger partial charge on any atom is 0.150 e. The van der Waals surface area contributed by atoms with Gasteiger partial charge in [0.05, 0.1) is 24.4 Å². The second-order valence-corrected chi connectivity index (χ2v) is 7.81. The maximum absolute atomic E-state index is 11.9. The monoisotopic (exact) mass is 424 g/mol. The normalized spacial score (nSPS) is 13.8. The number of ether oxygens (including phenoxy) is 2. The zero-order valence-electron chi connectivity index (χ0n) is 17.7. The number of fused-ring (bicyclic) bond motifs is 1. The van der Waals surface area contributed by atoms with Crippen LogP contribution in [0.15, 0.2) is 78.9 Å². The lowest BCUT2D eigenvalue weighted by atomic mass is 10.0. The molecule has 0 bridgehead atoms. The van der Waals surface area contributed by atoms with Gasteiger partial charge in [-0.3, -0.25) is 4.79 Å². The second kappa shape index (κ2) is 9.20. The van der Waals surface area contributed by atoms with Gasteiger partial charge in [-0.15, -0.1) is 0 Å². The molecule has 1 fully saturated rings. The summed E-state index contributed by atoms with van der Waals surface area (Å²) in [5.41, 5.74) is 5.39. The molecule has 3 aromatic carbocycles. The number of carbonyl (C=O) groups is 1. The first kappa shape index (κ1) is 20.2. The van der Waals surface area contributed by atoms with Crippen LogP contribution in [0.5, 0.6) is 5.75 Å². The van der Waals surface area contributed by atoms with Crippen molar-refractivity contribution in [1.82, 2.24) is 4.98 Å². The molecule has 1 saturated heterocycles. The van der Waals surface area contributed by atoms with Crippen LogP contribution in [0.4, 0.5) is 5.69 Å². The fraction of sp³-hybridized carbons (Fsp3) is 0.185. The van der Waals surface area contributed by atoms with Gasteiger partial charge in [-0.2, -0.15) is 0 Å². The Hall–Kier alpha value is -3.70. The van der Waals surface area contributed by atoms with E-state index in [-0.39, 0.29) is 0 Å². The van der Waals surface area contributed by atoms with Crippen molar-refractivity contribution in [2.45, 2.75) is 6.61 Å². The largest absolute Gasteiger partial charge is 0.489 e. The Kier molecular flexibility index (Phi) is 5.81. The molecule has 0 N–H and O–H groups in total. The molecular weight excluding hydrogens is 400 g/mol. The van der Waals surface area contributed by atoms with Crippen LogP contribution in [0.3, 0.4) is 0 Å². The maximum atomic E-state index is 11.9. The van der Waals surface area contributed by atoms with E-state index in [1.54, 1.807) is 0 Å². The van der Waals surface area contributed by atoms with E-state index in [9.17, 15) is 4.79 Å². The highest BCUT2D eigenvalue weighted by molar-refractivity contribution is 5.99. The number of anilines is 1. The molecule has 32 heavy (non-hydrogen) atoms. The lowest BCUT2D eigenvalue weighted by Gasteiger charge is -2.29. The molecule has 0 radical (unpaired) electrons. The molecule has 1 aliphatic rings. The van der Waals surface area contributed by atoms with Crippen LogP contribution >= 0.6 is 0 Å². The SMILES string of the molecule is O=Cc1cc(-c2ccc(OCc3ccccc3)cc2)nc2ccc(N3CCOCC3)cc12. The zero-order valence-corrected chi connectivity index (χ0v) is 17.7. The molecule has 0 atom stereocenters. The molecule has 160 valence electrons. The highest BCUT2D eigenvalue weighted by atomic mass is 16.5. The number of rotatable bonds is 6. The third-order valence-electron chi connectivity index (χ3n) is 5.73. The fourth-order valence-corrected chi connectivity index (χ4v) is 3.97. The Morgan fingerprint density at radius 1 is 0.938 bits per heavy atom. The van der Waals surface area contributed by atoms with E-state index in [4.69, 9.17) is 14.5 Å². The summed E-state index contributed by atoms with van der Waals surface area (Å²) in [6, 6.07) is 25.9. The summed E-state index contributed by atoms with van der Waals surface area (Å²) in [5, 5.41) is 0.871. The van der Waals surface area contributed by atoms with Gasteiger partial charge in [-0.25, -0.2) is 4.98 Å². The van der Waals surface area contributed by atoms with Crippen LogP contribution in [0.2, 0.25) is 0 Å². The number of benzene rings is 3. The van der Waals surface area contributed by atoms with E-state index < -0.39 is 0 Å². The van der Waals surface area contributed by atoms with Crippen molar-refractivity contribution < 1.29 is 14.3 Å². The number of morpholine rings is 1. The van der Waals surface area contributed by atoms with Gasteiger partial charge >= 0.3 is 0 Å². The Bertz CT molecular complexity index is 1220. The van der Waals surface area contributed by atoms with Crippen molar-refractivity contribution in [3.05, 3.63) is 90.0 Å². The van der Waals surface area contributed by atoms with E-state index in [2.05, 4.69) is 17.0 Å². The van der Waals surface area contributed by atoms with Gasteiger partial charge in [0.1, 0.15) is 12.4 Å². The number of hydrogen-bond donors (Lipinski definition) is 0. The Labute approximate surface area is 187 Å². The van der Waals surface area contributed by atoms with Crippen molar-refractivity contribution >= 4 is 22.9 Å². The fourth-order valence-electron chi connectivity index (χ4n) is 3.97. The lowest BCUT2D eigenvalue weighted by Crippen LogP contribution is -2.36. The van der Waals surface area contributed by atoms with Gasteiger partial charge in [-0.1, -0.05) is 30.3 Å². The third kappa shape index (κ3) is 4.34. The summed E-state index contributed by atoms with van der Waals surface area (Å²) in [4.78, 5) is 19.0. The number of hydrogen-bond acceptors (Lipinski definition) is 5. The van der Waals surface area contributed by atoms with Gasteiger partial charge in [0, 0.05) is 35.3 Å². The molecule has 5 nitrogen and oxygen atoms in total. The lowest BCUT2D eigenvalue weighted by molar-refractivity contribution is 0.112. The summed E-state index contributed by atoms with van der Waals surface area (Å²) in [7, 11) is 0. The minimum Gasteiger partial charge on any atom is -0.489 e. The van der Waals surface area contributed by atoms with E-state index in [0.717, 1.165) is 71.8 Å². The third-order valence-corrected chi connectivity index (χ3v) is 5.73. The molecule has 0 aliphatic carbocycles. The molecule has 5 rings (SSSR count). The van der Waals surface area contributed by atoms with Gasteiger partial charge in [-0.05, 0) is 54.1 Å². The minimum atomic E-state index is 0.523. The number of carbonyl (C=O) groups excluding carboxylic acids is 1.